The van der Waals surface area contributed by atoms with Crippen molar-refractivity contribution in [3.05, 3.63) is 22.4 Å². The Bertz CT molecular complexity index is 245. The maximum atomic E-state index is 10.9. The van der Waals surface area contributed by atoms with Crippen molar-refractivity contribution in [1.82, 2.24) is 5.32 Å². The monoisotopic (exact) mass is 187 g/mol. The minimum absolute atomic E-state index is 0.190. The molecule has 0 saturated heterocycles. The minimum Gasteiger partial charge on any atom is -0.351 e. The van der Waals surface area contributed by atoms with E-state index in [1.165, 1.54) is 11.3 Å². The standard InChI is InChI=1S/C7H9NO3S/c9-6(8-7(10)11)4-5-2-1-3-12-5/h1-3,7,10-11H,4H2,(H,8,9). The van der Waals surface area contributed by atoms with Crippen LogP contribution in [0.15, 0.2) is 17.5 Å². The summed E-state index contributed by atoms with van der Waals surface area (Å²) in [4.78, 5) is 11.8. The van der Waals surface area contributed by atoms with Gasteiger partial charge in [0.15, 0.2) is 0 Å². The van der Waals surface area contributed by atoms with Gasteiger partial charge in [-0.25, -0.2) is 0 Å². The Hall–Kier alpha value is -0.910. The first-order valence-electron chi connectivity index (χ1n) is 3.36. The normalized spacial score (nSPS) is 10.2. The highest BCUT2D eigenvalue weighted by molar-refractivity contribution is 7.10. The zero-order valence-corrected chi connectivity index (χ0v) is 7.04. The van der Waals surface area contributed by atoms with Crippen LogP contribution in [0, 0.1) is 0 Å². The quantitative estimate of drug-likeness (QED) is 0.568. The van der Waals surface area contributed by atoms with E-state index in [-0.39, 0.29) is 6.42 Å². The lowest BCUT2D eigenvalue weighted by molar-refractivity contribution is -0.133. The Balaban J connectivity index is 2.37. The van der Waals surface area contributed by atoms with Gasteiger partial charge in [-0.2, -0.15) is 0 Å². The molecule has 1 amide bonds. The fraction of sp³-hybridized carbons (Fsp3) is 0.286. The predicted octanol–water partition coefficient (Wildman–Crippen LogP) is -0.325. The third kappa shape index (κ3) is 3.00. The number of aliphatic hydroxyl groups excluding tert-OH is 1. The number of hydrogen-bond acceptors (Lipinski definition) is 4. The molecule has 0 bridgehead atoms. The van der Waals surface area contributed by atoms with Crippen molar-refractivity contribution in [2.75, 3.05) is 0 Å². The van der Waals surface area contributed by atoms with E-state index < -0.39 is 12.3 Å². The Morgan fingerprint density at radius 2 is 2.42 bits per heavy atom. The number of nitrogens with one attached hydrogen (secondary N) is 1. The van der Waals surface area contributed by atoms with Gasteiger partial charge in [-0.15, -0.1) is 11.3 Å². The van der Waals surface area contributed by atoms with Gasteiger partial charge < -0.3 is 15.5 Å². The van der Waals surface area contributed by atoms with Crippen molar-refractivity contribution in [2.24, 2.45) is 0 Å². The number of hydrogen-bond donors (Lipinski definition) is 3. The van der Waals surface area contributed by atoms with E-state index in [2.05, 4.69) is 0 Å². The predicted molar refractivity (Wildman–Crippen MR) is 44.4 cm³/mol. The fourth-order valence-corrected chi connectivity index (χ4v) is 1.47. The molecule has 0 aliphatic heterocycles. The molecule has 66 valence electrons. The number of thiophene rings is 1. The van der Waals surface area contributed by atoms with Crippen LogP contribution in [0.2, 0.25) is 0 Å². The maximum absolute atomic E-state index is 10.9. The summed E-state index contributed by atoms with van der Waals surface area (Å²) in [6.07, 6.45) is -1.58. The van der Waals surface area contributed by atoms with Crippen LogP contribution in [-0.4, -0.2) is 22.5 Å². The molecule has 0 spiro atoms. The second-order valence-corrected chi connectivity index (χ2v) is 3.23. The van der Waals surface area contributed by atoms with E-state index in [0.29, 0.717) is 0 Å². The number of carbonyl (C=O) groups excluding carboxylic acids is 1. The van der Waals surface area contributed by atoms with Crippen molar-refractivity contribution < 1.29 is 15.0 Å². The molecule has 0 radical (unpaired) electrons. The Kier molecular flexibility index (Phi) is 3.21. The molecule has 1 aromatic rings. The van der Waals surface area contributed by atoms with E-state index in [1.807, 2.05) is 22.8 Å². The molecule has 0 aliphatic carbocycles. The summed E-state index contributed by atoms with van der Waals surface area (Å²) in [6.45, 7) is 0. The molecule has 0 saturated carbocycles. The second kappa shape index (κ2) is 4.20. The molecule has 4 nitrogen and oxygen atoms in total. The molecular weight excluding hydrogens is 178 g/mol. The number of aliphatic hydroxyl groups is 2. The molecule has 1 rings (SSSR count). The Morgan fingerprint density at radius 3 is 2.92 bits per heavy atom. The highest BCUT2D eigenvalue weighted by Crippen LogP contribution is 2.08. The SMILES string of the molecule is O=C(Cc1cccs1)NC(O)O. The molecule has 0 fully saturated rings. The summed E-state index contributed by atoms with van der Waals surface area (Å²) in [6, 6.07) is 3.65. The van der Waals surface area contributed by atoms with Gasteiger partial charge >= 0.3 is 0 Å². The Morgan fingerprint density at radius 1 is 1.67 bits per heavy atom. The van der Waals surface area contributed by atoms with Crippen LogP contribution in [0.4, 0.5) is 0 Å². The molecule has 0 aromatic carbocycles. The van der Waals surface area contributed by atoms with E-state index in [0.717, 1.165) is 4.88 Å². The summed E-state index contributed by atoms with van der Waals surface area (Å²) in [5.41, 5.74) is 0. The van der Waals surface area contributed by atoms with E-state index in [4.69, 9.17) is 10.2 Å². The molecule has 0 atom stereocenters. The largest absolute Gasteiger partial charge is 0.351 e. The molecule has 0 aliphatic rings. The van der Waals surface area contributed by atoms with Crippen LogP contribution >= 0.6 is 11.3 Å². The van der Waals surface area contributed by atoms with Crippen LogP contribution in [0.25, 0.3) is 0 Å². The number of carbonyl (C=O) groups is 1. The van der Waals surface area contributed by atoms with Gasteiger partial charge in [0.05, 0.1) is 6.42 Å². The second-order valence-electron chi connectivity index (χ2n) is 2.20. The van der Waals surface area contributed by atoms with Gasteiger partial charge in [0.25, 0.3) is 0 Å². The smallest absolute Gasteiger partial charge is 0.235 e. The van der Waals surface area contributed by atoms with Gasteiger partial charge in [0.1, 0.15) is 0 Å². The van der Waals surface area contributed by atoms with Crippen LogP contribution in [-0.2, 0) is 11.2 Å². The van der Waals surface area contributed by atoms with Crippen molar-refractivity contribution in [2.45, 2.75) is 12.8 Å². The van der Waals surface area contributed by atoms with Gasteiger partial charge in [0.2, 0.25) is 12.3 Å². The van der Waals surface area contributed by atoms with E-state index in [1.54, 1.807) is 0 Å². The molecule has 5 heteroatoms. The average molecular weight is 187 g/mol. The van der Waals surface area contributed by atoms with Gasteiger partial charge in [-0.3, -0.25) is 4.79 Å². The summed E-state index contributed by atoms with van der Waals surface area (Å²) < 4.78 is 0. The highest BCUT2D eigenvalue weighted by Gasteiger charge is 2.06. The lowest BCUT2D eigenvalue weighted by Gasteiger charge is -2.04. The van der Waals surface area contributed by atoms with Crippen molar-refractivity contribution in [3.63, 3.8) is 0 Å². The third-order valence-electron chi connectivity index (χ3n) is 1.20. The fourth-order valence-electron chi connectivity index (χ4n) is 0.766. The van der Waals surface area contributed by atoms with Crippen LogP contribution in [0.3, 0.4) is 0 Å². The molecule has 12 heavy (non-hydrogen) atoms. The summed E-state index contributed by atoms with van der Waals surface area (Å²) in [5, 5.41) is 20.6. The molecule has 1 aromatic heterocycles. The van der Waals surface area contributed by atoms with Crippen LogP contribution < -0.4 is 5.32 Å². The van der Waals surface area contributed by atoms with Crippen LogP contribution in [0.5, 0.6) is 0 Å². The van der Waals surface area contributed by atoms with E-state index >= 15 is 0 Å². The topological polar surface area (TPSA) is 69.6 Å². The average Bonchev–Trinajstić information content (AvgIpc) is 2.37. The highest BCUT2D eigenvalue weighted by atomic mass is 32.1. The maximum Gasteiger partial charge on any atom is 0.235 e. The Labute approximate surface area is 73.5 Å². The van der Waals surface area contributed by atoms with Crippen molar-refractivity contribution in [3.8, 4) is 0 Å². The molecule has 3 N–H and O–H groups in total. The third-order valence-corrected chi connectivity index (χ3v) is 2.08. The lowest BCUT2D eigenvalue weighted by atomic mass is 10.3. The first kappa shape index (κ1) is 9.18. The molecule has 0 unspecified atom stereocenters. The molecular formula is C7H9NO3S. The van der Waals surface area contributed by atoms with Crippen molar-refractivity contribution in [1.29, 1.82) is 0 Å². The first-order chi connectivity index (χ1) is 5.68. The van der Waals surface area contributed by atoms with Crippen molar-refractivity contribution >= 4 is 17.2 Å². The van der Waals surface area contributed by atoms with Gasteiger partial charge in [-0.1, -0.05) is 6.07 Å². The zero-order valence-electron chi connectivity index (χ0n) is 6.23. The summed E-state index contributed by atoms with van der Waals surface area (Å²) >= 11 is 1.45. The number of rotatable bonds is 3. The van der Waals surface area contributed by atoms with Gasteiger partial charge in [0, 0.05) is 4.88 Å². The zero-order chi connectivity index (χ0) is 8.97. The van der Waals surface area contributed by atoms with Gasteiger partial charge in [-0.05, 0) is 11.4 Å². The van der Waals surface area contributed by atoms with E-state index in [9.17, 15) is 4.79 Å². The first-order valence-corrected chi connectivity index (χ1v) is 4.24. The number of amides is 1. The minimum atomic E-state index is -1.77. The summed E-state index contributed by atoms with van der Waals surface area (Å²) in [7, 11) is 0. The summed E-state index contributed by atoms with van der Waals surface area (Å²) in [5.74, 6) is -0.396. The van der Waals surface area contributed by atoms with Crippen LogP contribution in [0.1, 0.15) is 4.88 Å². The molecule has 1 heterocycles. The lowest BCUT2D eigenvalue weighted by Crippen LogP contribution is -2.35.